The van der Waals surface area contributed by atoms with Crippen LogP contribution in [0, 0.1) is 5.82 Å². The molecule has 2 N–H and O–H groups in total. The van der Waals surface area contributed by atoms with Crippen molar-refractivity contribution in [2.24, 2.45) is 0 Å². The molecule has 0 fully saturated rings. The maximum atomic E-state index is 13.9. The Morgan fingerprint density at radius 3 is 2.29 bits per heavy atom. The molecule has 0 saturated carbocycles. The van der Waals surface area contributed by atoms with Crippen molar-refractivity contribution in [1.82, 2.24) is 5.32 Å². The first-order chi connectivity index (χ1) is 12.9. The summed E-state index contributed by atoms with van der Waals surface area (Å²) in [5, 5.41) is 3.92. The van der Waals surface area contributed by atoms with E-state index in [0.29, 0.717) is 6.07 Å². The topological polar surface area (TPSA) is 67.4 Å². The van der Waals surface area contributed by atoms with Crippen molar-refractivity contribution in [2.75, 3.05) is 5.32 Å². The van der Waals surface area contributed by atoms with Gasteiger partial charge >= 0.3 is 17.0 Å². The Morgan fingerprint density at radius 1 is 1.07 bits per heavy atom. The molecule has 0 radical (unpaired) electrons. The molecule has 0 unspecified atom stereocenters. The molecule has 3 amide bonds. The van der Waals surface area contributed by atoms with E-state index in [2.05, 4.69) is 4.74 Å². The summed E-state index contributed by atoms with van der Waals surface area (Å²) in [5.41, 5.74) is -0.535. The van der Waals surface area contributed by atoms with Gasteiger partial charge in [-0.05, 0) is 24.3 Å². The maximum absolute atomic E-state index is 13.9. The highest BCUT2D eigenvalue weighted by molar-refractivity contribution is 9.10. The summed E-state index contributed by atoms with van der Waals surface area (Å²) < 4.78 is 69.3. The van der Waals surface area contributed by atoms with E-state index in [1.807, 2.05) is 10.6 Å². The first-order valence-electron chi connectivity index (χ1n) is 7.20. The lowest BCUT2D eigenvalue weighted by atomic mass is 10.2. The Balaban J connectivity index is 2.06. The molecule has 0 bridgehead atoms. The molecule has 150 valence electrons. The quantitative estimate of drug-likeness (QED) is 0.438. The highest BCUT2D eigenvalue weighted by atomic mass is 79.9. The predicted molar refractivity (Wildman–Crippen MR) is 93.8 cm³/mol. The predicted octanol–water partition coefficient (Wildman–Crippen LogP) is 5.40. The van der Waals surface area contributed by atoms with Crippen LogP contribution in [0.1, 0.15) is 10.4 Å². The summed E-state index contributed by atoms with van der Waals surface area (Å²) in [7, 11) is 0. The number of imide groups is 1. The van der Waals surface area contributed by atoms with Crippen molar-refractivity contribution >= 4 is 45.2 Å². The molecule has 28 heavy (non-hydrogen) atoms. The number of carbonyl (C=O) groups is 2. The minimum Gasteiger partial charge on any atom is -0.427 e. The number of anilines is 1. The number of halogens is 7. The van der Waals surface area contributed by atoms with Gasteiger partial charge in [0.25, 0.3) is 5.91 Å². The number of hydrogen-bond donors (Lipinski definition) is 2. The molecule has 2 aromatic rings. The standard InChI is InChI=1S/C16H9BrClF5N2O3/c17-15(20,21)16(22,23)28-8-5-6-12(11(19)7-8)24-14(27)25-13(26)9-3-1-2-4-10(9)18/h1-7H,(H2,24,25,26,27). The molecule has 5 nitrogen and oxygen atoms in total. The van der Waals surface area contributed by atoms with Gasteiger partial charge in [-0.1, -0.05) is 23.7 Å². The third-order valence-corrected chi connectivity index (χ3v) is 3.90. The molecule has 0 aliphatic heterocycles. The summed E-state index contributed by atoms with van der Waals surface area (Å²) in [4.78, 5) is 19.0. The van der Waals surface area contributed by atoms with Crippen molar-refractivity contribution in [3.63, 3.8) is 0 Å². The third-order valence-electron chi connectivity index (χ3n) is 3.11. The van der Waals surface area contributed by atoms with Gasteiger partial charge < -0.3 is 10.1 Å². The van der Waals surface area contributed by atoms with Gasteiger partial charge in [-0.2, -0.15) is 17.6 Å². The molecule has 0 aliphatic carbocycles. The van der Waals surface area contributed by atoms with E-state index in [0.717, 1.165) is 12.1 Å². The number of hydrogen-bond acceptors (Lipinski definition) is 3. The third kappa shape index (κ3) is 5.32. The van der Waals surface area contributed by atoms with Gasteiger partial charge in [0.2, 0.25) is 0 Å². The summed E-state index contributed by atoms with van der Waals surface area (Å²) in [5.74, 6) is -3.06. The second kappa shape index (κ2) is 8.31. The number of urea groups is 1. The van der Waals surface area contributed by atoms with E-state index in [4.69, 9.17) is 11.6 Å². The maximum Gasteiger partial charge on any atom is 0.475 e. The lowest BCUT2D eigenvalue weighted by molar-refractivity contribution is -0.266. The van der Waals surface area contributed by atoms with Gasteiger partial charge in [0.1, 0.15) is 11.6 Å². The van der Waals surface area contributed by atoms with Gasteiger partial charge in [-0.15, -0.1) is 0 Å². The Hall–Kier alpha value is -2.40. The van der Waals surface area contributed by atoms with Crippen molar-refractivity contribution < 1.29 is 36.3 Å². The largest absolute Gasteiger partial charge is 0.475 e. The zero-order valence-corrected chi connectivity index (χ0v) is 15.8. The van der Waals surface area contributed by atoms with Gasteiger partial charge in [0, 0.05) is 22.0 Å². The lowest BCUT2D eigenvalue weighted by Crippen LogP contribution is -2.40. The van der Waals surface area contributed by atoms with Crippen LogP contribution in [-0.2, 0) is 0 Å². The Labute approximate surface area is 167 Å². The Kier molecular flexibility index (Phi) is 6.50. The van der Waals surface area contributed by atoms with E-state index in [9.17, 15) is 31.5 Å². The summed E-state index contributed by atoms with van der Waals surface area (Å²) in [6.45, 7) is 0. The molecule has 0 heterocycles. The number of ether oxygens (including phenoxy) is 1. The van der Waals surface area contributed by atoms with Crippen molar-refractivity contribution in [3.05, 3.63) is 58.9 Å². The van der Waals surface area contributed by atoms with Crippen LogP contribution in [0.15, 0.2) is 42.5 Å². The van der Waals surface area contributed by atoms with Gasteiger partial charge in [0.15, 0.2) is 0 Å². The van der Waals surface area contributed by atoms with E-state index >= 15 is 0 Å². The molecular formula is C16H9BrClF5N2O3. The van der Waals surface area contributed by atoms with Crippen LogP contribution in [0.5, 0.6) is 5.75 Å². The smallest absolute Gasteiger partial charge is 0.427 e. The van der Waals surface area contributed by atoms with E-state index in [-0.39, 0.29) is 10.6 Å². The normalized spacial score (nSPS) is 11.7. The molecule has 2 aromatic carbocycles. The van der Waals surface area contributed by atoms with Gasteiger partial charge in [-0.3, -0.25) is 10.1 Å². The minimum atomic E-state index is -4.95. The fraction of sp³-hybridized carbons (Fsp3) is 0.125. The molecule has 2 rings (SSSR count). The lowest BCUT2D eigenvalue weighted by Gasteiger charge is -2.22. The fourth-order valence-electron chi connectivity index (χ4n) is 1.84. The zero-order chi connectivity index (χ0) is 21.1. The van der Waals surface area contributed by atoms with Crippen LogP contribution in [0.2, 0.25) is 5.02 Å². The monoisotopic (exact) mass is 486 g/mol. The van der Waals surface area contributed by atoms with Crippen LogP contribution < -0.4 is 15.4 Å². The molecule has 0 aromatic heterocycles. The summed E-state index contributed by atoms with van der Waals surface area (Å²) in [6, 6.07) is 6.55. The highest BCUT2D eigenvalue weighted by Crippen LogP contribution is 2.41. The summed E-state index contributed by atoms with van der Waals surface area (Å²) >= 11 is 7.27. The number of benzene rings is 2. The first kappa shape index (κ1) is 21.9. The fourth-order valence-corrected chi connectivity index (χ4v) is 2.14. The van der Waals surface area contributed by atoms with Crippen LogP contribution in [0.3, 0.4) is 0 Å². The number of amides is 3. The second-order valence-corrected chi connectivity index (χ2v) is 6.55. The molecular weight excluding hydrogens is 479 g/mol. The average molecular weight is 488 g/mol. The average Bonchev–Trinajstić information content (AvgIpc) is 2.56. The second-order valence-electron chi connectivity index (χ2n) is 5.15. The number of rotatable bonds is 5. The Morgan fingerprint density at radius 2 is 1.71 bits per heavy atom. The van der Waals surface area contributed by atoms with Crippen molar-refractivity contribution in [3.8, 4) is 5.75 Å². The number of carbonyl (C=O) groups excluding carboxylic acids is 2. The van der Waals surface area contributed by atoms with Crippen LogP contribution in [0.25, 0.3) is 0 Å². The molecule has 0 atom stereocenters. The van der Waals surface area contributed by atoms with Crippen LogP contribution in [0.4, 0.5) is 32.4 Å². The molecule has 0 aliphatic rings. The first-order valence-corrected chi connectivity index (χ1v) is 8.38. The van der Waals surface area contributed by atoms with Gasteiger partial charge in [-0.25, -0.2) is 9.18 Å². The summed E-state index contributed by atoms with van der Waals surface area (Å²) in [6.07, 6.45) is -4.95. The van der Waals surface area contributed by atoms with Crippen molar-refractivity contribution in [1.29, 1.82) is 0 Å². The SMILES string of the molecule is O=C(NC(=O)c1ccccc1Cl)Nc1ccc(OC(F)(F)C(F)(F)Br)cc1F. The van der Waals surface area contributed by atoms with E-state index in [1.165, 1.54) is 34.1 Å². The zero-order valence-electron chi connectivity index (χ0n) is 13.4. The van der Waals surface area contributed by atoms with E-state index in [1.54, 1.807) is 6.07 Å². The van der Waals surface area contributed by atoms with E-state index < -0.39 is 40.1 Å². The van der Waals surface area contributed by atoms with Crippen molar-refractivity contribution in [2.45, 2.75) is 10.9 Å². The van der Waals surface area contributed by atoms with Crippen LogP contribution in [-0.4, -0.2) is 22.9 Å². The molecule has 0 spiro atoms. The molecule has 0 saturated heterocycles. The number of alkyl halides is 5. The number of nitrogens with one attached hydrogen (secondary N) is 2. The van der Waals surface area contributed by atoms with Crippen LogP contribution >= 0.6 is 27.5 Å². The van der Waals surface area contributed by atoms with Gasteiger partial charge in [0.05, 0.1) is 16.3 Å². The Bertz CT molecular complexity index is 908. The highest BCUT2D eigenvalue weighted by Gasteiger charge is 2.57. The molecule has 12 heteroatoms. The minimum absolute atomic E-state index is 0.0125.